The molecule has 1 N–H and O–H groups in total. The second kappa shape index (κ2) is 10.1. The first kappa shape index (κ1) is 21.6. The topological polar surface area (TPSA) is 55.2 Å². The number of ether oxygens (including phenoxy) is 1. The van der Waals surface area contributed by atoms with Crippen LogP contribution in [-0.4, -0.2) is 27.8 Å². The first-order valence-corrected chi connectivity index (χ1v) is 9.83. The normalized spacial score (nSPS) is 12.4. The number of hydrogen-bond donors (Lipinski definition) is 1. The maximum Gasteiger partial charge on any atom is 0.201 e. The number of aliphatic hydroxyl groups excluding tert-OH is 1. The van der Waals surface area contributed by atoms with Gasteiger partial charge in [-0.2, -0.15) is 4.39 Å². The molecule has 4 nitrogen and oxygen atoms in total. The van der Waals surface area contributed by atoms with E-state index in [1.807, 2.05) is 18.2 Å². The van der Waals surface area contributed by atoms with Crippen molar-refractivity contribution < 1.29 is 18.6 Å². The van der Waals surface area contributed by atoms with Gasteiger partial charge in [-0.05, 0) is 56.0 Å². The molecule has 1 aromatic heterocycles. The number of aliphatic hydroxyl groups is 1. The van der Waals surface area contributed by atoms with Crippen LogP contribution in [0.3, 0.4) is 0 Å². The van der Waals surface area contributed by atoms with Gasteiger partial charge in [-0.25, -0.2) is 9.37 Å². The lowest BCUT2D eigenvalue weighted by molar-refractivity contribution is 0.182. The largest absolute Gasteiger partial charge is 0.486 e. The smallest absolute Gasteiger partial charge is 0.201 e. The van der Waals surface area contributed by atoms with E-state index in [0.29, 0.717) is 11.0 Å². The predicted molar refractivity (Wildman–Crippen MR) is 115 cm³/mol. The van der Waals surface area contributed by atoms with E-state index in [1.165, 1.54) is 24.4 Å². The second-order valence-corrected chi connectivity index (χ2v) is 7.02. The van der Waals surface area contributed by atoms with E-state index in [1.54, 1.807) is 13.0 Å². The third kappa shape index (κ3) is 5.27. The highest BCUT2D eigenvalue weighted by atomic mass is 19.2. The van der Waals surface area contributed by atoms with Crippen LogP contribution in [0.5, 0.6) is 5.75 Å². The Kier molecular flexibility index (Phi) is 7.25. The number of allylic oxidation sites excluding steroid dienone is 1. The first-order valence-electron chi connectivity index (χ1n) is 9.83. The lowest BCUT2D eigenvalue weighted by atomic mass is 10.1. The molecule has 1 heterocycles. The van der Waals surface area contributed by atoms with Gasteiger partial charge in [0, 0.05) is 5.56 Å². The lowest BCUT2D eigenvalue weighted by Gasteiger charge is -2.09. The van der Waals surface area contributed by atoms with Crippen molar-refractivity contribution in [2.75, 3.05) is 6.61 Å². The molecule has 3 aromatic rings. The molecular weight excluding hydrogens is 386 g/mol. The fourth-order valence-electron chi connectivity index (χ4n) is 3.00. The maximum atomic E-state index is 14.5. The van der Waals surface area contributed by atoms with Gasteiger partial charge in [-0.15, -0.1) is 0 Å². The molecule has 0 saturated heterocycles. The molecule has 0 aliphatic carbocycles. The van der Waals surface area contributed by atoms with Crippen LogP contribution in [0.1, 0.15) is 31.7 Å². The van der Waals surface area contributed by atoms with Gasteiger partial charge < -0.3 is 9.84 Å². The third-order valence-corrected chi connectivity index (χ3v) is 4.55. The number of rotatable bonds is 9. The summed E-state index contributed by atoms with van der Waals surface area (Å²) in [6.07, 6.45) is 9.23. The van der Waals surface area contributed by atoms with Crippen LogP contribution in [0.2, 0.25) is 0 Å². The average molecular weight is 410 g/mol. The van der Waals surface area contributed by atoms with E-state index >= 15 is 0 Å². The number of halogens is 2. The highest BCUT2D eigenvalue weighted by Crippen LogP contribution is 2.29. The Morgan fingerprint density at radius 3 is 2.77 bits per heavy atom. The Morgan fingerprint density at radius 1 is 1.17 bits per heavy atom. The number of hydrogen-bond acceptors (Lipinski definition) is 4. The molecule has 0 amide bonds. The Balaban J connectivity index is 1.80. The zero-order valence-corrected chi connectivity index (χ0v) is 16.8. The van der Waals surface area contributed by atoms with Crippen molar-refractivity contribution in [3.63, 3.8) is 0 Å². The summed E-state index contributed by atoms with van der Waals surface area (Å²) in [7, 11) is 0. The van der Waals surface area contributed by atoms with Crippen LogP contribution < -0.4 is 4.74 Å². The Labute approximate surface area is 174 Å². The molecule has 30 heavy (non-hydrogen) atoms. The quantitative estimate of drug-likeness (QED) is 0.363. The minimum absolute atomic E-state index is 0.0231. The minimum atomic E-state index is -1.06. The van der Waals surface area contributed by atoms with Gasteiger partial charge in [0.1, 0.15) is 6.61 Å². The summed E-state index contributed by atoms with van der Waals surface area (Å²) in [5.74, 6) is -2.26. The van der Waals surface area contributed by atoms with Crippen LogP contribution in [0.25, 0.3) is 28.4 Å². The standard InChI is InChI=1S/C24H24F2N2O2/c1-3-13-30-22-12-10-18(23(25)24(22)26)21-15-27-20-14-17(9-11-19(20)28-21)8-6-4-5-7-16(2)29/h3,6,8-12,14-16,29H,1,4-5,7,13H2,2H3. The van der Waals surface area contributed by atoms with Crippen molar-refractivity contribution in [1.29, 1.82) is 0 Å². The third-order valence-electron chi connectivity index (χ3n) is 4.55. The number of nitrogens with zero attached hydrogens (tertiary/aromatic N) is 2. The molecule has 156 valence electrons. The lowest BCUT2D eigenvalue weighted by Crippen LogP contribution is -2.00. The van der Waals surface area contributed by atoms with Crippen molar-refractivity contribution in [2.24, 2.45) is 0 Å². The molecule has 0 aliphatic rings. The van der Waals surface area contributed by atoms with Gasteiger partial charge in [0.25, 0.3) is 0 Å². The van der Waals surface area contributed by atoms with Gasteiger partial charge in [0.15, 0.2) is 11.6 Å². The van der Waals surface area contributed by atoms with Crippen LogP contribution in [0, 0.1) is 11.6 Å². The molecule has 6 heteroatoms. The van der Waals surface area contributed by atoms with Gasteiger partial charge in [0.2, 0.25) is 5.82 Å². The fraction of sp³-hybridized carbons (Fsp3) is 0.250. The summed E-state index contributed by atoms with van der Waals surface area (Å²) in [6.45, 7) is 5.36. The van der Waals surface area contributed by atoms with Crippen molar-refractivity contribution in [3.8, 4) is 17.0 Å². The molecule has 0 radical (unpaired) electrons. The molecule has 0 fully saturated rings. The van der Waals surface area contributed by atoms with E-state index in [9.17, 15) is 13.9 Å². The van der Waals surface area contributed by atoms with E-state index in [0.717, 1.165) is 24.8 Å². The van der Waals surface area contributed by atoms with Crippen LogP contribution in [0.4, 0.5) is 8.78 Å². The van der Waals surface area contributed by atoms with Gasteiger partial charge >= 0.3 is 0 Å². The Morgan fingerprint density at radius 2 is 2.00 bits per heavy atom. The fourth-order valence-corrected chi connectivity index (χ4v) is 3.00. The molecule has 1 unspecified atom stereocenters. The molecule has 0 spiro atoms. The zero-order valence-electron chi connectivity index (χ0n) is 16.8. The number of benzene rings is 2. The van der Waals surface area contributed by atoms with Gasteiger partial charge in [-0.3, -0.25) is 4.98 Å². The van der Waals surface area contributed by atoms with Crippen molar-refractivity contribution >= 4 is 17.1 Å². The summed E-state index contributed by atoms with van der Waals surface area (Å²) in [6, 6.07) is 8.39. The molecule has 0 bridgehead atoms. The Hall–Kier alpha value is -3.12. The summed E-state index contributed by atoms with van der Waals surface area (Å²) < 4.78 is 33.9. The van der Waals surface area contributed by atoms with E-state index in [4.69, 9.17) is 4.74 Å². The van der Waals surface area contributed by atoms with E-state index in [-0.39, 0.29) is 29.7 Å². The van der Waals surface area contributed by atoms with Crippen molar-refractivity contribution in [3.05, 3.63) is 72.5 Å². The van der Waals surface area contributed by atoms with Crippen LogP contribution >= 0.6 is 0 Å². The SMILES string of the molecule is C=CCOc1ccc(-c2cnc3cc(C=CCCCC(C)O)ccc3n2)c(F)c1F. The van der Waals surface area contributed by atoms with Gasteiger partial charge in [0.05, 0.1) is 29.0 Å². The van der Waals surface area contributed by atoms with Crippen molar-refractivity contribution in [2.45, 2.75) is 32.3 Å². The number of aromatic nitrogens is 2. The second-order valence-electron chi connectivity index (χ2n) is 7.02. The zero-order chi connectivity index (χ0) is 21.5. The molecule has 2 aromatic carbocycles. The minimum Gasteiger partial charge on any atom is -0.486 e. The molecule has 1 atom stereocenters. The number of fused-ring (bicyclic) bond motifs is 1. The highest BCUT2D eigenvalue weighted by molar-refractivity contribution is 5.79. The van der Waals surface area contributed by atoms with Crippen molar-refractivity contribution in [1.82, 2.24) is 9.97 Å². The monoisotopic (exact) mass is 410 g/mol. The molecule has 3 rings (SSSR count). The van der Waals surface area contributed by atoms with E-state index < -0.39 is 11.6 Å². The summed E-state index contributed by atoms with van der Waals surface area (Å²) >= 11 is 0. The number of unbranched alkanes of at least 4 members (excludes halogenated alkanes) is 1. The molecular formula is C24H24F2N2O2. The molecule has 0 saturated carbocycles. The van der Waals surface area contributed by atoms with E-state index in [2.05, 4.69) is 22.6 Å². The van der Waals surface area contributed by atoms with Crippen LogP contribution in [0.15, 0.2) is 55.3 Å². The van der Waals surface area contributed by atoms with Gasteiger partial charge in [-0.1, -0.05) is 30.9 Å². The summed E-state index contributed by atoms with van der Waals surface area (Å²) in [5.41, 5.74) is 2.50. The predicted octanol–water partition coefficient (Wildman–Crippen LogP) is 5.70. The Bertz CT molecular complexity index is 1060. The molecule has 0 aliphatic heterocycles. The van der Waals surface area contributed by atoms with Crippen LogP contribution in [-0.2, 0) is 0 Å². The highest BCUT2D eigenvalue weighted by Gasteiger charge is 2.17. The summed E-state index contributed by atoms with van der Waals surface area (Å²) in [4.78, 5) is 8.80. The maximum absolute atomic E-state index is 14.5. The summed E-state index contributed by atoms with van der Waals surface area (Å²) in [5, 5.41) is 9.28. The first-order chi connectivity index (χ1) is 14.5. The average Bonchev–Trinajstić information content (AvgIpc) is 2.74.